The van der Waals surface area contributed by atoms with E-state index in [0.29, 0.717) is 16.9 Å². The lowest BCUT2D eigenvalue weighted by Gasteiger charge is -2.12. The molecule has 8 nitrogen and oxygen atoms in total. The second-order valence-corrected chi connectivity index (χ2v) is 9.00. The van der Waals surface area contributed by atoms with Gasteiger partial charge in [-0.3, -0.25) is 0 Å². The van der Waals surface area contributed by atoms with Crippen LogP contribution in [0.4, 0.5) is 8.78 Å². The van der Waals surface area contributed by atoms with E-state index in [1.54, 1.807) is 0 Å². The Morgan fingerprint density at radius 2 is 2.08 bits per heavy atom. The number of alkyl halides is 2. The summed E-state index contributed by atoms with van der Waals surface area (Å²) in [6, 6.07) is 4.14. The van der Waals surface area contributed by atoms with E-state index in [4.69, 9.17) is 0 Å². The van der Waals surface area contributed by atoms with Crippen LogP contribution >= 0.6 is 11.3 Å². The van der Waals surface area contributed by atoms with Crippen molar-refractivity contribution in [1.82, 2.24) is 24.5 Å². The zero-order valence-electron chi connectivity index (χ0n) is 13.4. The van der Waals surface area contributed by atoms with Gasteiger partial charge in [-0.15, -0.1) is 10.2 Å². The van der Waals surface area contributed by atoms with Gasteiger partial charge in [0.15, 0.2) is 5.01 Å². The van der Waals surface area contributed by atoms with E-state index in [0.717, 1.165) is 17.4 Å². The molecule has 0 radical (unpaired) electrons. The van der Waals surface area contributed by atoms with Gasteiger partial charge in [-0.2, -0.15) is 0 Å². The van der Waals surface area contributed by atoms with E-state index in [1.807, 2.05) is 6.92 Å². The van der Waals surface area contributed by atoms with Crippen LogP contribution in [0.15, 0.2) is 27.9 Å². The lowest BCUT2D eigenvalue weighted by atomic mass is 10.3. The SMILES string of the molecule is CC1(NS(=O)(=O)c2ccc3[nH]c(=O)n(-c4nnc(C(F)F)s4)c3c2)CC1. The second-order valence-electron chi connectivity index (χ2n) is 6.33. The molecule has 0 saturated heterocycles. The number of hydrogen-bond acceptors (Lipinski definition) is 6. The number of nitrogens with one attached hydrogen (secondary N) is 2. The Labute approximate surface area is 149 Å². The number of fused-ring (bicyclic) bond motifs is 1. The lowest BCUT2D eigenvalue weighted by molar-refractivity contribution is 0.150. The van der Waals surface area contributed by atoms with Crippen molar-refractivity contribution >= 4 is 32.4 Å². The number of rotatable bonds is 5. The van der Waals surface area contributed by atoms with E-state index in [1.165, 1.54) is 18.2 Å². The fourth-order valence-electron chi connectivity index (χ4n) is 2.52. The van der Waals surface area contributed by atoms with Crippen LogP contribution in [0.3, 0.4) is 0 Å². The number of hydrogen-bond donors (Lipinski definition) is 2. The zero-order chi connectivity index (χ0) is 18.7. The summed E-state index contributed by atoms with van der Waals surface area (Å²) in [5.41, 5.74) is -0.485. The quantitative estimate of drug-likeness (QED) is 0.679. The summed E-state index contributed by atoms with van der Waals surface area (Å²) in [6.45, 7) is 1.81. The molecule has 2 N–H and O–H groups in total. The highest BCUT2D eigenvalue weighted by Gasteiger charge is 2.41. The van der Waals surface area contributed by atoms with Crippen molar-refractivity contribution in [3.63, 3.8) is 0 Å². The molecule has 1 aromatic carbocycles. The highest BCUT2D eigenvalue weighted by molar-refractivity contribution is 7.89. The van der Waals surface area contributed by atoms with Crippen molar-refractivity contribution in [1.29, 1.82) is 0 Å². The number of sulfonamides is 1. The highest BCUT2D eigenvalue weighted by Crippen LogP contribution is 2.36. The number of H-pyrrole nitrogens is 1. The summed E-state index contributed by atoms with van der Waals surface area (Å²) in [6.07, 6.45) is -1.30. The Kier molecular flexibility index (Phi) is 3.75. The summed E-state index contributed by atoms with van der Waals surface area (Å²) in [7, 11) is -3.78. The van der Waals surface area contributed by atoms with Gasteiger partial charge in [-0.25, -0.2) is 31.3 Å². The molecule has 0 bridgehead atoms. The van der Waals surface area contributed by atoms with Gasteiger partial charge in [0.1, 0.15) is 0 Å². The van der Waals surface area contributed by atoms with Crippen molar-refractivity contribution < 1.29 is 17.2 Å². The predicted molar refractivity (Wildman–Crippen MR) is 90.3 cm³/mol. The first-order valence-electron chi connectivity index (χ1n) is 7.59. The van der Waals surface area contributed by atoms with Crippen molar-refractivity contribution in [2.24, 2.45) is 0 Å². The van der Waals surface area contributed by atoms with Crippen molar-refractivity contribution in [3.05, 3.63) is 33.7 Å². The van der Waals surface area contributed by atoms with Gasteiger partial charge in [0, 0.05) is 5.54 Å². The van der Waals surface area contributed by atoms with Crippen LogP contribution in [-0.4, -0.2) is 33.7 Å². The maximum atomic E-state index is 12.7. The third-order valence-electron chi connectivity index (χ3n) is 4.15. The molecule has 4 rings (SSSR count). The molecular weight excluding hydrogens is 388 g/mol. The van der Waals surface area contributed by atoms with Crippen molar-refractivity contribution in [3.8, 4) is 5.13 Å². The molecule has 0 atom stereocenters. The van der Waals surface area contributed by atoms with Gasteiger partial charge >= 0.3 is 5.69 Å². The molecule has 0 aliphatic heterocycles. The van der Waals surface area contributed by atoms with E-state index >= 15 is 0 Å². The molecule has 2 heterocycles. The Balaban J connectivity index is 1.83. The minimum atomic E-state index is -3.78. The number of benzene rings is 1. The van der Waals surface area contributed by atoms with Gasteiger partial charge < -0.3 is 4.98 Å². The van der Waals surface area contributed by atoms with Crippen LogP contribution in [0.5, 0.6) is 0 Å². The van der Waals surface area contributed by atoms with Crippen molar-refractivity contribution in [2.45, 2.75) is 36.6 Å². The van der Waals surface area contributed by atoms with Crippen LogP contribution in [0.2, 0.25) is 0 Å². The standard InChI is InChI=1S/C14H13F2N5O3S2/c1-14(4-5-14)20-26(23,24)7-2-3-8-9(6-7)21(12(22)17-8)13-19-18-11(25-13)10(15)16/h2-3,6,10,20H,4-5H2,1H3,(H,17,22). The highest BCUT2D eigenvalue weighted by atomic mass is 32.2. The van der Waals surface area contributed by atoms with E-state index < -0.39 is 32.7 Å². The fourth-order valence-corrected chi connectivity index (χ4v) is 4.71. The molecule has 1 saturated carbocycles. The van der Waals surface area contributed by atoms with Crippen LogP contribution in [0.1, 0.15) is 31.2 Å². The van der Waals surface area contributed by atoms with Crippen molar-refractivity contribution in [2.75, 3.05) is 0 Å². The number of halogens is 2. The Hall–Kier alpha value is -2.18. The molecule has 138 valence electrons. The molecule has 12 heteroatoms. The van der Waals surface area contributed by atoms with E-state index in [2.05, 4.69) is 19.9 Å². The summed E-state index contributed by atoms with van der Waals surface area (Å²) >= 11 is 0.567. The summed E-state index contributed by atoms with van der Waals surface area (Å²) in [4.78, 5) is 14.7. The minimum Gasteiger partial charge on any atom is -0.305 e. The first kappa shape index (κ1) is 17.2. The number of aromatic nitrogens is 4. The third kappa shape index (κ3) is 2.93. The largest absolute Gasteiger partial charge is 0.332 e. The van der Waals surface area contributed by atoms with Gasteiger partial charge in [0.25, 0.3) is 6.43 Å². The van der Waals surface area contributed by atoms with Crippen LogP contribution in [-0.2, 0) is 10.0 Å². The second kappa shape index (κ2) is 5.66. The molecule has 1 aliphatic carbocycles. The molecular formula is C14H13F2N5O3S2. The van der Waals surface area contributed by atoms with E-state index in [9.17, 15) is 22.0 Å². The Morgan fingerprint density at radius 3 is 2.69 bits per heavy atom. The maximum absolute atomic E-state index is 12.7. The summed E-state index contributed by atoms with van der Waals surface area (Å²) in [5, 5.41) is 6.40. The first-order valence-corrected chi connectivity index (χ1v) is 9.89. The average Bonchev–Trinajstić information content (AvgIpc) is 2.98. The normalized spacial score (nSPS) is 16.5. The predicted octanol–water partition coefficient (Wildman–Crippen LogP) is 1.94. The monoisotopic (exact) mass is 401 g/mol. The fraction of sp³-hybridized carbons (Fsp3) is 0.357. The van der Waals surface area contributed by atoms with Gasteiger partial charge in [-0.1, -0.05) is 11.3 Å². The summed E-state index contributed by atoms with van der Waals surface area (Å²) < 4.78 is 54.2. The minimum absolute atomic E-state index is 0.0236. The van der Waals surface area contributed by atoms with Crippen LogP contribution in [0.25, 0.3) is 16.2 Å². The molecule has 0 amide bonds. The number of aromatic amines is 1. The van der Waals surface area contributed by atoms with E-state index in [-0.39, 0.29) is 15.5 Å². The topological polar surface area (TPSA) is 110 Å². The Bertz CT molecular complexity index is 1160. The molecule has 0 spiro atoms. The average molecular weight is 401 g/mol. The molecule has 2 aromatic heterocycles. The first-order chi connectivity index (χ1) is 12.2. The third-order valence-corrected chi connectivity index (χ3v) is 6.71. The number of nitrogens with zero attached hydrogens (tertiary/aromatic N) is 3. The molecule has 3 aromatic rings. The van der Waals surface area contributed by atoms with Crippen LogP contribution < -0.4 is 10.4 Å². The van der Waals surface area contributed by atoms with Gasteiger partial charge in [-0.05, 0) is 38.0 Å². The summed E-state index contributed by atoms with van der Waals surface area (Å²) in [5.74, 6) is 0. The molecule has 1 fully saturated rings. The zero-order valence-corrected chi connectivity index (χ0v) is 15.0. The lowest BCUT2D eigenvalue weighted by Crippen LogP contribution is -2.34. The molecule has 0 unspecified atom stereocenters. The van der Waals surface area contributed by atoms with Gasteiger partial charge in [0.05, 0.1) is 15.9 Å². The molecule has 26 heavy (non-hydrogen) atoms. The maximum Gasteiger partial charge on any atom is 0.332 e. The van der Waals surface area contributed by atoms with Crippen LogP contribution in [0, 0.1) is 0 Å². The molecule has 1 aliphatic rings. The Morgan fingerprint density at radius 1 is 1.35 bits per heavy atom. The number of imidazole rings is 1. The van der Waals surface area contributed by atoms with Gasteiger partial charge in [0.2, 0.25) is 15.2 Å². The smallest absolute Gasteiger partial charge is 0.305 e.